The number of amides is 1. The number of benzene rings is 2. The molecule has 1 saturated heterocycles. The highest BCUT2D eigenvalue weighted by Crippen LogP contribution is 2.37. The number of carbonyl (C=O) groups excluding carboxylic acids is 1. The van der Waals surface area contributed by atoms with Crippen LogP contribution in [0.15, 0.2) is 54.6 Å². The maximum atomic E-state index is 11.7. The third-order valence-corrected chi connectivity index (χ3v) is 6.17. The number of carbonyl (C=O) groups is 1. The van der Waals surface area contributed by atoms with Crippen LogP contribution in [-0.4, -0.2) is 44.2 Å². The molecule has 4 heteroatoms. The molecule has 1 N–H and O–H groups in total. The maximum Gasteiger partial charge on any atom is 0.251 e. The van der Waals surface area contributed by atoms with Crippen molar-refractivity contribution in [2.24, 2.45) is 5.41 Å². The quantitative estimate of drug-likeness (QED) is 0.690. The topological polar surface area (TPSA) is 41.6 Å². The molecule has 4 nitrogen and oxygen atoms in total. The number of hydrogen-bond acceptors (Lipinski definition) is 3. The molecule has 29 heavy (non-hydrogen) atoms. The molecule has 1 amide bonds. The lowest BCUT2D eigenvalue weighted by atomic mass is 9.74. The van der Waals surface area contributed by atoms with E-state index in [1.165, 1.54) is 30.4 Å². The van der Waals surface area contributed by atoms with Gasteiger partial charge in [0.05, 0.1) is 6.61 Å². The number of hydrogen-bond donors (Lipinski definition) is 1. The molecule has 3 rings (SSSR count). The van der Waals surface area contributed by atoms with Crippen LogP contribution >= 0.6 is 0 Å². The molecule has 0 radical (unpaired) electrons. The Bertz CT molecular complexity index is 750. The maximum absolute atomic E-state index is 11.7. The van der Waals surface area contributed by atoms with E-state index in [9.17, 15) is 4.79 Å². The zero-order chi connectivity index (χ0) is 20.5. The SMILES string of the molecule is CCOCC1(CCc2ccccc2)CCN(Cc2ccc(C(=O)NC)cc2)CC1. The molecule has 0 saturated carbocycles. The Hall–Kier alpha value is -2.17. The van der Waals surface area contributed by atoms with Gasteiger partial charge >= 0.3 is 0 Å². The van der Waals surface area contributed by atoms with Crippen LogP contribution in [0, 0.1) is 5.41 Å². The van der Waals surface area contributed by atoms with Gasteiger partial charge in [-0.1, -0.05) is 42.5 Å². The highest BCUT2D eigenvalue weighted by molar-refractivity contribution is 5.93. The largest absolute Gasteiger partial charge is 0.381 e. The summed E-state index contributed by atoms with van der Waals surface area (Å²) in [5.74, 6) is -0.0337. The van der Waals surface area contributed by atoms with E-state index < -0.39 is 0 Å². The van der Waals surface area contributed by atoms with Gasteiger partial charge in [-0.3, -0.25) is 9.69 Å². The Morgan fingerprint density at radius 1 is 1.03 bits per heavy atom. The molecule has 0 unspecified atom stereocenters. The second kappa shape index (κ2) is 10.6. The highest BCUT2D eigenvalue weighted by atomic mass is 16.5. The molecule has 0 atom stereocenters. The number of rotatable bonds is 9. The summed E-state index contributed by atoms with van der Waals surface area (Å²) < 4.78 is 5.91. The molecule has 1 aliphatic rings. The van der Waals surface area contributed by atoms with Crippen LogP contribution < -0.4 is 5.32 Å². The molecule has 1 fully saturated rings. The minimum atomic E-state index is -0.0337. The van der Waals surface area contributed by atoms with Crippen molar-refractivity contribution in [1.82, 2.24) is 10.2 Å². The van der Waals surface area contributed by atoms with Gasteiger partial charge in [-0.15, -0.1) is 0 Å². The lowest BCUT2D eigenvalue weighted by Gasteiger charge is -2.42. The fraction of sp³-hybridized carbons (Fsp3) is 0.480. The van der Waals surface area contributed by atoms with E-state index in [0.29, 0.717) is 5.56 Å². The predicted molar refractivity (Wildman–Crippen MR) is 118 cm³/mol. The number of likely N-dealkylation sites (tertiary alicyclic amines) is 1. The van der Waals surface area contributed by atoms with Gasteiger partial charge in [0.1, 0.15) is 0 Å². The van der Waals surface area contributed by atoms with E-state index in [0.717, 1.165) is 39.3 Å². The Morgan fingerprint density at radius 2 is 1.72 bits per heavy atom. The standard InChI is InChI=1S/C25H34N2O2/c1-3-29-20-25(14-13-21-7-5-4-6-8-21)15-17-27(18-16-25)19-22-9-11-23(12-10-22)24(28)26-2/h4-12H,3,13-20H2,1-2H3,(H,26,28). The van der Waals surface area contributed by atoms with Gasteiger partial charge in [-0.2, -0.15) is 0 Å². The average Bonchev–Trinajstić information content (AvgIpc) is 2.78. The Balaban J connectivity index is 1.55. The minimum Gasteiger partial charge on any atom is -0.381 e. The third-order valence-electron chi connectivity index (χ3n) is 6.17. The van der Waals surface area contributed by atoms with Crippen molar-refractivity contribution in [2.45, 2.75) is 39.2 Å². The summed E-state index contributed by atoms with van der Waals surface area (Å²) in [6.07, 6.45) is 4.66. The normalized spacial score (nSPS) is 16.5. The van der Waals surface area contributed by atoms with E-state index in [4.69, 9.17) is 4.74 Å². The van der Waals surface area contributed by atoms with Gasteiger partial charge in [0, 0.05) is 25.8 Å². The molecule has 2 aromatic rings. The summed E-state index contributed by atoms with van der Waals surface area (Å²) in [4.78, 5) is 14.2. The van der Waals surface area contributed by atoms with Gasteiger partial charge in [0.15, 0.2) is 0 Å². The molecule has 0 bridgehead atoms. The van der Waals surface area contributed by atoms with Crippen molar-refractivity contribution in [1.29, 1.82) is 0 Å². The lowest BCUT2D eigenvalue weighted by molar-refractivity contribution is -0.00232. The molecular formula is C25H34N2O2. The molecule has 0 aliphatic carbocycles. The van der Waals surface area contributed by atoms with Crippen molar-refractivity contribution in [3.8, 4) is 0 Å². The van der Waals surface area contributed by atoms with Crippen LogP contribution in [0.25, 0.3) is 0 Å². The summed E-state index contributed by atoms with van der Waals surface area (Å²) in [6.45, 7) is 6.87. The Morgan fingerprint density at radius 3 is 2.34 bits per heavy atom. The van der Waals surface area contributed by atoms with Gasteiger partial charge in [0.25, 0.3) is 5.91 Å². The third kappa shape index (κ3) is 6.15. The van der Waals surface area contributed by atoms with Crippen molar-refractivity contribution in [2.75, 3.05) is 33.4 Å². The van der Waals surface area contributed by atoms with Crippen LogP contribution in [0.1, 0.15) is 47.7 Å². The number of piperidine rings is 1. The smallest absolute Gasteiger partial charge is 0.251 e. The summed E-state index contributed by atoms with van der Waals surface area (Å²) in [5, 5.41) is 2.67. The fourth-order valence-electron chi connectivity index (χ4n) is 4.19. The first-order valence-electron chi connectivity index (χ1n) is 10.8. The van der Waals surface area contributed by atoms with Gasteiger partial charge < -0.3 is 10.1 Å². The second-order valence-corrected chi connectivity index (χ2v) is 8.17. The molecule has 0 aromatic heterocycles. The summed E-state index contributed by atoms with van der Waals surface area (Å²) in [5.41, 5.74) is 3.68. The second-order valence-electron chi connectivity index (χ2n) is 8.17. The van der Waals surface area contributed by atoms with E-state index in [-0.39, 0.29) is 11.3 Å². The molecular weight excluding hydrogens is 360 g/mol. The van der Waals surface area contributed by atoms with Crippen LogP contribution in [0.4, 0.5) is 0 Å². The van der Waals surface area contributed by atoms with E-state index in [2.05, 4.69) is 59.6 Å². The van der Waals surface area contributed by atoms with Crippen LogP contribution in [-0.2, 0) is 17.7 Å². The number of ether oxygens (including phenoxy) is 1. The zero-order valence-electron chi connectivity index (χ0n) is 17.8. The lowest BCUT2D eigenvalue weighted by Crippen LogP contribution is -2.42. The average molecular weight is 395 g/mol. The molecule has 0 spiro atoms. The van der Waals surface area contributed by atoms with Crippen molar-refractivity contribution < 1.29 is 9.53 Å². The van der Waals surface area contributed by atoms with Crippen molar-refractivity contribution in [3.63, 3.8) is 0 Å². The summed E-state index contributed by atoms with van der Waals surface area (Å²) in [6, 6.07) is 18.8. The Labute approximate surface area is 175 Å². The van der Waals surface area contributed by atoms with Crippen LogP contribution in [0.3, 0.4) is 0 Å². The fourth-order valence-corrected chi connectivity index (χ4v) is 4.19. The number of aryl methyl sites for hydroxylation is 1. The molecule has 1 heterocycles. The zero-order valence-corrected chi connectivity index (χ0v) is 17.8. The summed E-state index contributed by atoms with van der Waals surface area (Å²) >= 11 is 0. The van der Waals surface area contributed by atoms with Gasteiger partial charge in [-0.05, 0) is 74.4 Å². The molecule has 1 aliphatic heterocycles. The predicted octanol–water partition coefficient (Wildman–Crippen LogP) is 4.30. The van der Waals surface area contributed by atoms with E-state index >= 15 is 0 Å². The molecule has 2 aromatic carbocycles. The van der Waals surface area contributed by atoms with E-state index in [1.54, 1.807) is 7.05 Å². The van der Waals surface area contributed by atoms with Gasteiger partial charge in [0.2, 0.25) is 0 Å². The van der Waals surface area contributed by atoms with Crippen molar-refractivity contribution >= 4 is 5.91 Å². The van der Waals surface area contributed by atoms with Crippen molar-refractivity contribution in [3.05, 3.63) is 71.3 Å². The first-order chi connectivity index (χ1) is 14.1. The molecule has 156 valence electrons. The monoisotopic (exact) mass is 394 g/mol. The first-order valence-corrected chi connectivity index (χ1v) is 10.8. The summed E-state index contributed by atoms with van der Waals surface area (Å²) in [7, 11) is 1.66. The van der Waals surface area contributed by atoms with Crippen LogP contribution in [0.2, 0.25) is 0 Å². The highest BCUT2D eigenvalue weighted by Gasteiger charge is 2.34. The van der Waals surface area contributed by atoms with Crippen LogP contribution in [0.5, 0.6) is 0 Å². The minimum absolute atomic E-state index is 0.0337. The van der Waals surface area contributed by atoms with E-state index in [1.807, 2.05) is 12.1 Å². The van der Waals surface area contributed by atoms with Gasteiger partial charge in [-0.25, -0.2) is 0 Å². The number of nitrogens with one attached hydrogen (secondary N) is 1. The first kappa shape index (κ1) is 21.5. The number of nitrogens with zero attached hydrogens (tertiary/aromatic N) is 1. The Kier molecular flexibility index (Phi) is 7.84.